The van der Waals surface area contributed by atoms with Crippen molar-refractivity contribution < 1.29 is 42.0 Å². The van der Waals surface area contributed by atoms with E-state index in [0.717, 1.165) is 106 Å². The largest absolute Gasteiger partial charge is 0.492 e. The minimum Gasteiger partial charge on any atom is -0.492 e. The molecule has 3 fully saturated rings. The van der Waals surface area contributed by atoms with Gasteiger partial charge in [-0.3, -0.25) is 39.5 Å². The number of nitrogens with one attached hydrogen (secondary N) is 4. The Morgan fingerprint density at radius 1 is 0.907 bits per heavy atom. The number of piperidine rings is 2. The molecule has 0 saturated carbocycles. The number of likely N-dealkylation sites (tertiary alicyclic amines) is 1. The first-order valence-electron chi connectivity index (χ1n) is 29.4. The number of aromatic nitrogens is 2. The van der Waals surface area contributed by atoms with Crippen LogP contribution in [0.4, 0.5) is 17.1 Å². The SMILES string of the molecule is CN(CCOc1cccc2c1CN(C1CCC(=O)NC1=O)C2=O)CCN1CCC(CNc2ccc(S(=O)(=O)NC(=O)c3ccc(N4CCN(CC5=C(c6ccc(Cl)cc6)CC(C)(C)CC5)CC4)cc3Oc3cnc4[nH]ccc4c3)cc2[N+](=O)[O-])CC1. The minimum atomic E-state index is -4.63. The van der Waals surface area contributed by atoms with Crippen molar-refractivity contribution >= 4 is 78.9 Å². The number of piperazine rings is 1. The summed E-state index contributed by atoms with van der Waals surface area (Å²) in [6.45, 7) is 13.5. The van der Waals surface area contributed by atoms with E-state index in [-0.39, 0.29) is 59.5 Å². The summed E-state index contributed by atoms with van der Waals surface area (Å²) >= 11 is 6.27. The van der Waals surface area contributed by atoms with Gasteiger partial charge in [0.1, 0.15) is 41.2 Å². The van der Waals surface area contributed by atoms with Crippen LogP contribution in [-0.4, -0.2) is 158 Å². The Hall–Kier alpha value is -7.89. The van der Waals surface area contributed by atoms with Gasteiger partial charge in [-0.1, -0.05) is 49.2 Å². The third kappa shape index (κ3) is 13.8. The number of nitro groups is 1. The Bertz CT molecular complexity index is 3710. The number of likely N-dealkylation sites (N-methyl/N-ethyl adjacent to an activating group) is 1. The molecule has 1 aliphatic carbocycles. The molecule has 21 nitrogen and oxygen atoms in total. The van der Waals surface area contributed by atoms with Crippen molar-refractivity contribution in [2.24, 2.45) is 11.3 Å². The molecule has 4 amide bonds. The summed E-state index contributed by atoms with van der Waals surface area (Å²) in [5.74, 6) is -0.750. The second-order valence-electron chi connectivity index (χ2n) is 23.9. The number of sulfonamides is 1. The molecular weight excluding hydrogens is 1140 g/mol. The zero-order chi connectivity index (χ0) is 60.3. The summed E-state index contributed by atoms with van der Waals surface area (Å²) in [5, 5.41) is 19.5. The number of H-pyrrole nitrogens is 1. The summed E-state index contributed by atoms with van der Waals surface area (Å²) in [7, 11) is -2.61. The van der Waals surface area contributed by atoms with Crippen molar-refractivity contribution in [3.63, 3.8) is 0 Å². The number of fused-ring (bicyclic) bond motifs is 2. The molecule has 86 heavy (non-hydrogen) atoms. The second kappa shape index (κ2) is 25.6. The molecule has 0 radical (unpaired) electrons. The Kier molecular flexibility index (Phi) is 17.8. The molecule has 11 rings (SSSR count). The van der Waals surface area contributed by atoms with Crippen molar-refractivity contribution in [2.75, 3.05) is 95.9 Å². The van der Waals surface area contributed by atoms with Crippen molar-refractivity contribution in [1.82, 2.24) is 39.6 Å². The molecule has 1 unspecified atom stereocenters. The van der Waals surface area contributed by atoms with Crippen LogP contribution in [-0.2, 0) is 26.2 Å². The summed E-state index contributed by atoms with van der Waals surface area (Å²) in [4.78, 5) is 81.3. The van der Waals surface area contributed by atoms with Gasteiger partial charge >= 0.3 is 0 Å². The molecule has 6 aromatic rings. The van der Waals surface area contributed by atoms with Gasteiger partial charge in [-0.2, -0.15) is 0 Å². The molecule has 4 aromatic carbocycles. The van der Waals surface area contributed by atoms with E-state index >= 15 is 0 Å². The highest BCUT2D eigenvalue weighted by molar-refractivity contribution is 7.90. The highest BCUT2D eigenvalue weighted by atomic mass is 35.5. The van der Waals surface area contributed by atoms with Crippen LogP contribution in [0, 0.1) is 21.4 Å². The molecular formula is C63H72ClN11O10S. The molecule has 5 aliphatic rings. The van der Waals surface area contributed by atoms with Crippen LogP contribution < -0.4 is 29.7 Å². The number of anilines is 2. The molecule has 23 heteroatoms. The zero-order valence-electron chi connectivity index (χ0n) is 48.6. The minimum absolute atomic E-state index is 0.0571. The number of aromatic amines is 1. The van der Waals surface area contributed by atoms with Gasteiger partial charge in [0.15, 0.2) is 0 Å². The van der Waals surface area contributed by atoms with Gasteiger partial charge in [-0.15, -0.1) is 0 Å². The number of carbonyl (C=O) groups excluding carboxylic acids is 4. The van der Waals surface area contributed by atoms with Crippen molar-refractivity contribution in [3.8, 4) is 17.2 Å². The zero-order valence-corrected chi connectivity index (χ0v) is 50.2. The van der Waals surface area contributed by atoms with E-state index in [4.69, 9.17) is 21.1 Å². The topological polar surface area (TPSA) is 245 Å². The highest BCUT2D eigenvalue weighted by Crippen LogP contribution is 2.44. The van der Waals surface area contributed by atoms with E-state index in [9.17, 15) is 37.7 Å². The lowest BCUT2D eigenvalue weighted by Crippen LogP contribution is -2.52. The van der Waals surface area contributed by atoms with E-state index in [1.54, 1.807) is 42.6 Å². The fraction of sp³-hybridized carbons (Fsp3) is 0.413. The van der Waals surface area contributed by atoms with E-state index in [1.165, 1.54) is 39.9 Å². The number of carbonyl (C=O) groups is 4. The number of rotatable bonds is 21. The number of allylic oxidation sites excluding steroid dienone is 1. The van der Waals surface area contributed by atoms with Gasteiger partial charge in [0, 0.05) is 111 Å². The molecule has 4 aliphatic heterocycles. The van der Waals surface area contributed by atoms with Crippen LogP contribution in [0.15, 0.2) is 114 Å². The summed E-state index contributed by atoms with van der Waals surface area (Å²) in [6, 6.07) is 25.0. The number of pyridine rings is 1. The van der Waals surface area contributed by atoms with Gasteiger partial charge in [0.2, 0.25) is 11.8 Å². The predicted octanol–water partition coefficient (Wildman–Crippen LogP) is 8.72. The molecule has 3 saturated heterocycles. The number of amides is 4. The third-order valence-electron chi connectivity index (χ3n) is 17.4. The van der Waals surface area contributed by atoms with E-state index in [1.807, 2.05) is 31.3 Å². The van der Waals surface area contributed by atoms with E-state index in [0.29, 0.717) is 55.5 Å². The lowest BCUT2D eigenvalue weighted by molar-refractivity contribution is -0.384. The number of imide groups is 1. The quantitative estimate of drug-likeness (QED) is 0.0299. The monoisotopic (exact) mass is 1210 g/mol. The number of benzene rings is 4. The molecule has 6 heterocycles. The summed E-state index contributed by atoms with van der Waals surface area (Å²) in [6.07, 6.45) is 8.60. The first kappa shape index (κ1) is 59.8. The van der Waals surface area contributed by atoms with Crippen molar-refractivity contribution in [2.45, 2.75) is 76.3 Å². The lowest BCUT2D eigenvalue weighted by Gasteiger charge is -2.39. The molecule has 0 spiro atoms. The second-order valence-corrected chi connectivity index (χ2v) is 26.1. The molecule has 0 bridgehead atoms. The predicted molar refractivity (Wildman–Crippen MR) is 328 cm³/mol. The highest BCUT2D eigenvalue weighted by Gasteiger charge is 2.40. The number of nitro benzene ring substituents is 1. The molecule has 2 aromatic heterocycles. The molecule has 4 N–H and O–H groups in total. The van der Waals surface area contributed by atoms with Gasteiger partial charge in [0.25, 0.3) is 27.5 Å². The number of hydrogen-bond acceptors (Lipinski definition) is 16. The Labute approximate surface area is 505 Å². The standard InChI is InChI=1S/C63H72ClN11O10S/c1-63(2)21-17-44(51(36-63)42-7-9-45(64)10-8-42)39-72-27-29-73(30-28-72)46-11-13-50(57(34-46)85-47-33-43-18-22-65-59(43)67-38-47)60(77)69-86(82,83)48-12-14-53(55(35-48)75(80)81)66-37-41-19-23-71(24-20-41)26-25-70(3)31-32-84-56-6-4-5-49-52(56)40-74(62(49)79)54-15-16-58(76)68-61(54)78/h4-14,18,22,33-35,38,41,54,66H,15-17,19-21,23-32,36-37,39-40H2,1-3H3,(H,65,67)(H,69,77)(H,68,76,78). The van der Waals surface area contributed by atoms with Crippen LogP contribution >= 0.6 is 11.6 Å². The summed E-state index contributed by atoms with van der Waals surface area (Å²) in [5.41, 5.74) is 6.63. The normalized spacial score (nSPS) is 18.8. The Morgan fingerprint density at radius 2 is 1.70 bits per heavy atom. The number of halogens is 1. The fourth-order valence-corrected chi connectivity index (χ4v) is 13.4. The molecule has 1 atom stereocenters. The van der Waals surface area contributed by atoms with Gasteiger partial charge in [-0.25, -0.2) is 18.1 Å². The van der Waals surface area contributed by atoms with Crippen molar-refractivity contribution in [1.29, 1.82) is 0 Å². The maximum Gasteiger partial charge on any atom is 0.293 e. The van der Waals surface area contributed by atoms with E-state index < -0.39 is 43.4 Å². The average molecular weight is 1210 g/mol. The van der Waals surface area contributed by atoms with Crippen LogP contribution in [0.5, 0.6) is 17.2 Å². The Morgan fingerprint density at radius 3 is 2.47 bits per heavy atom. The average Bonchev–Trinajstić information content (AvgIpc) is 2.70. The van der Waals surface area contributed by atoms with Gasteiger partial charge in [0.05, 0.1) is 28.1 Å². The first-order chi connectivity index (χ1) is 41.3. The fourth-order valence-electron chi connectivity index (χ4n) is 12.3. The van der Waals surface area contributed by atoms with Gasteiger partial charge < -0.3 is 39.4 Å². The van der Waals surface area contributed by atoms with Crippen LogP contribution in [0.3, 0.4) is 0 Å². The van der Waals surface area contributed by atoms with Crippen molar-refractivity contribution in [3.05, 3.63) is 146 Å². The number of ether oxygens (including phenoxy) is 2. The first-order valence-corrected chi connectivity index (χ1v) is 31.3. The molecule has 452 valence electrons. The third-order valence-corrected chi connectivity index (χ3v) is 19.0. The maximum atomic E-state index is 14.2. The van der Waals surface area contributed by atoms with Crippen LogP contribution in [0.1, 0.15) is 90.6 Å². The number of hydrogen-bond donors (Lipinski definition) is 4. The van der Waals surface area contributed by atoms with E-state index in [2.05, 4.69) is 70.9 Å². The number of nitrogens with zero attached hydrogens (tertiary/aromatic N) is 7. The summed E-state index contributed by atoms with van der Waals surface area (Å²) < 4.78 is 42.7. The lowest BCUT2D eigenvalue weighted by atomic mass is 9.72. The smallest absolute Gasteiger partial charge is 0.293 e. The van der Waals surface area contributed by atoms with Gasteiger partial charge in [-0.05, 0) is 142 Å². The van der Waals surface area contributed by atoms with Crippen LogP contribution in [0.2, 0.25) is 5.02 Å². The van der Waals surface area contributed by atoms with Crippen LogP contribution in [0.25, 0.3) is 16.6 Å². The maximum absolute atomic E-state index is 14.2. The Balaban J connectivity index is 0.674.